The van der Waals surface area contributed by atoms with Gasteiger partial charge in [0.05, 0.1) is 0 Å². The van der Waals surface area contributed by atoms with Gasteiger partial charge in [-0.25, -0.2) is 4.98 Å². The van der Waals surface area contributed by atoms with Gasteiger partial charge in [0.2, 0.25) is 0 Å². The Kier molecular flexibility index (Phi) is 5.10. The smallest absolute Gasteiger partial charge is 0.109 e. The predicted octanol–water partition coefficient (Wildman–Crippen LogP) is 2.40. The van der Waals surface area contributed by atoms with Crippen molar-refractivity contribution in [2.75, 3.05) is 0 Å². The first-order valence-electron chi connectivity index (χ1n) is 2.94. The van der Waals surface area contributed by atoms with Crippen molar-refractivity contribution < 1.29 is 19.5 Å². The second-order valence-corrected chi connectivity index (χ2v) is 2.56. The number of aryl methyl sites for hydroxylation is 1. The first-order chi connectivity index (χ1) is 4.34. The van der Waals surface area contributed by atoms with Crippen LogP contribution in [-0.4, -0.2) is 4.98 Å². The molecule has 0 bridgehead atoms. The van der Waals surface area contributed by atoms with Gasteiger partial charge in [0.15, 0.2) is 0 Å². The quantitative estimate of drug-likeness (QED) is 0.552. The van der Waals surface area contributed by atoms with Crippen molar-refractivity contribution in [2.45, 2.75) is 13.3 Å². The van der Waals surface area contributed by atoms with E-state index in [1.165, 1.54) is 5.56 Å². The summed E-state index contributed by atoms with van der Waals surface area (Å²) in [7, 11) is 0. The summed E-state index contributed by atoms with van der Waals surface area (Å²) in [6.45, 7) is 2.11. The van der Waals surface area contributed by atoms with Crippen LogP contribution in [0.3, 0.4) is 0 Å². The van der Waals surface area contributed by atoms with E-state index in [1.54, 1.807) is 6.20 Å². The van der Waals surface area contributed by atoms with Gasteiger partial charge in [0.1, 0.15) is 4.60 Å². The molecule has 1 rings (SSSR count). The number of halogens is 1. The molecule has 0 fully saturated rings. The predicted molar refractivity (Wildman–Crippen MR) is 41.3 cm³/mol. The van der Waals surface area contributed by atoms with E-state index in [9.17, 15) is 0 Å². The normalized spacial score (nSPS) is 8.60. The molecule has 0 atom stereocenters. The maximum Gasteiger partial charge on any atom is 0.109 e. The summed E-state index contributed by atoms with van der Waals surface area (Å²) in [4.78, 5) is 4.07. The van der Waals surface area contributed by atoms with Crippen molar-refractivity contribution in [1.29, 1.82) is 0 Å². The van der Waals surface area contributed by atoms with Gasteiger partial charge in [-0.2, -0.15) is 0 Å². The zero-order valence-corrected chi connectivity index (χ0v) is 10.5. The van der Waals surface area contributed by atoms with Gasteiger partial charge in [-0.3, -0.25) is 0 Å². The van der Waals surface area contributed by atoms with Crippen LogP contribution >= 0.6 is 15.9 Å². The maximum atomic E-state index is 4.07. The van der Waals surface area contributed by atoms with Crippen molar-refractivity contribution >= 4 is 15.9 Å². The van der Waals surface area contributed by atoms with E-state index in [0.717, 1.165) is 11.0 Å². The summed E-state index contributed by atoms with van der Waals surface area (Å²) >= 11 is 3.35. The third kappa shape index (κ3) is 2.47. The molecule has 0 saturated heterocycles. The summed E-state index contributed by atoms with van der Waals surface area (Å²) in [5, 5.41) is 0. The first-order valence-corrected chi connectivity index (χ1v) is 3.73. The fraction of sp³-hybridized carbons (Fsp3) is 0.286. The van der Waals surface area contributed by atoms with Crippen LogP contribution in [-0.2, 0) is 25.9 Å². The average molecular weight is 251 g/mol. The number of nitrogens with zero attached hydrogens (tertiary/aromatic N) is 1. The van der Waals surface area contributed by atoms with E-state index in [-0.39, 0.29) is 19.5 Å². The third-order valence-electron chi connectivity index (χ3n) is 1.22. The largest absolute Gasteiger partial charge is 0.249 e. The molecule has 0 aliphatic heterocycles. The summed E-state index contributed by atoms with van der Waals surface area (Å²) in [6, 6.07) is 4.01. The Morgan fingerprint density at radius 3 is 2.70 bits per heavy atom. The van der Waals surface area contributed by atoms with E-state index in [4.69, 9.17) is 0 Å². The second-order valence-electron chi connectivity index (χ2n) is 1.81. The van der Waals surface area contributed by atoms with E-state index >= 15 is 0 Å². The third-order valence-corrected chi connectivity index (χ3v) is 1.93. The molecule has 0 saturated carbocycles. The average Bonchev–Trinajstić information content (AvgIpc) is 1.89. The van der Waals surface area contributed by atoms with Crippen LogP contribution in [0, 0.1) is 0 Å². The van der Waals surface area contributed by atoms with Gasteiger partial charge in [0.25, 0.3) is 0 Å². The van der Waals surface area contributed by atoms with Crippen molar-refractivity contribution in [3.63, 3.8) is 0 Å². The molecule has 10 heavy (non-hydrogen) atoms. The van der Waals surface area contributed by atoms with E-state index in [1.807, 2.05) is 6.07 Å². The molecule has 1 nitrogen and oxygen atoms in total. The molecule has 0 aromatic carbocycles. The number of aromatic nitrogens is 1. The second kappa shape index (κ2) is 4.98. The van der Waals surface area contributed by atoms with Crippen LogP contribution in [0.1, 0.15) is 12.5 Å². The number of hydrogen-bond acceptors (Lipinski definition) is 1. The molecule has 0 radical (unpaired) electrons. The van der Waals surface area contributed by atoms with Crippen LogP contribution in [0.5, 0.6) is 0 Å². The minimum Gasteiger partial charge on any atom is -0.249 e. The van der Waals surface area contributed by atoms with Crippen molar-refractivity contribution in [3.05, 3.63) is 28.5 Å². The summed E-state index contributed by atoms with van der Waals surface area (Å²) in [5.74, 6) is 0. The van der Waals surface area contributed by atoms with Crippen molar-refractivity contribution in [3.8, 4) is 0 Å². The molecule has 0 amide bonds. The van der Waals surface area contributed by atoms with Crippen LogP contribution in [0.25, 0.3) is 0 Å². The summed E-state index contributed by atoms with van der Waals surface area (Å²) in [5.41, 5.74) is 1.26. The molecule has 0 N–H and O–H groups in total. The Morgan fingerprint density at radius 1 is 1.60 bits per heavy atom. The topological polar surface area (TPSA) is 12.9 Å². The van der Waals surface area contributed by atoms with Crippen LogP contribution in [0.2, 0.25) is 0 Å². The molecule has 1 aromatic rings. The minimum atomic E-state index is 0. The molecule has 1 heterocycles. The molecule has 50 valence electrons. The van der Waals surface area contributed by atoms with Gasteiger partial charge >= 0.3 is 0 Å². The van der Waals surface area contributed by atoms with Gasteiger partial charge in [-0.15, -0.1) is 0 Å². The first kappa shape index (κ1) is 10.3. The maximum absolute atomic E-state index is 4.07. The molecule has 0 aliphatic rings. The molecule has 0 spiro atoms. The van der Waals surface area contributed by atoms with Crippen LogP contribution in [0.15, 0.2) is 22.9 Å². The van der Waals surface area contributed by atoms with Crippen LogP contribution < -0.4 is 0 Å². The fourth-order valence-electron chi connectivity index (χ4n) is 0.683. The standard InChI is InChI=1S/C7H8BrN.Zn/c1-2-6-4-3-5-9-7(6)8;/h3-5H,2H2,1H3;. The van der Waals surface area contributed by atoms with Crippen LogP contribution in [0.4, 0.5) is 0 Å². The number of rotatable bonds is 1. The zero-order valence-electron chi connectivity index (χ0n) is 5.97. The molecular formula is C7H8BrNZn. The van der Waals surface area contributed by atoms with E-state index < -0.39 is 0 Å². The van der Waals surface area contributed by atoms with Gasteiger partial charge in [-0.1, -0.05) is 13.0 Å². The Balaban J connectivity index is 0.000000810. The number of pyridine rings is 1. The van der Waals surface area contributed by atoms with E-state index in [0.29, 0.717) is 0 Å². The molecule has 3 heteroatoms. The van der Waals surface area contributed by atoms with Crippen molar-refractivity contribution in [2.24, 2.45) is 0 Å². The zero-order chi connectivity index (χ0) is 6.69. The minimum absolute atomic E-state index is 0. The molecular weight excluding hydrogens is 243 g/mol. The van der Waals surface area contributed by atoms with Gasteiger partial charge in [-0.05, 0) is 34.0 Å². The SMILES string of the molecule is CCc1cccnc1Br.[Zn]. The Morgan fingerprint density at radius 2 is 2.30 bits per heavy atom. The Bertz CT molecular complexity index is 203. The molecule has 0 aliphatic carbocycles. The number of hydrogen-bond donors (Lipinski definition) is 0. The summed E-state index contributed by atoms with van der Waals surface area (Å²) < 4.78 is 0.965. The molecule has 1 aromatic heterocycles. The van der Waals surface area contributed by atoms with E-state index in [2.05, 4.69) is 33.9 Å². The summed E-state index contributed by atoms with van der Waals surface area (Å²) in [6.07, 6.45) is 2.82. The molecule has 0 unspecified atom stereocenters. The van der Waals surface area contributed by atoms with Gasteiger partial charge in [0, 0.05) is 25.7 Å². The van der Waals surface area contributed by atoms with Gasteiger partial charge < -0.3 is 0 Å². The Hall–Kier alpha value is 0.253. The monoisotopic (exact) mass is 249 g/mol. The van der Waals surface area contributed by atoms with Crippen molar-refractivity contribution in [1.82, 2.24) is 4.98 Å². The Labute approximate surface area is 82.1 Å². The fourth-order valence-corrected chi connectivity index (χ4v) is 1.21.